The molecule has 0 N–H and O–H groups in total. The van der Waals surface area contributed by atoms with Crippen LogP contribution in [0.1, 0.15) is 23.9 Å². The SMILES string of the molecule is CCn1cc(CN(C)c2nccnc2C#N)c(C)n1. The normalized spacial score (nSPS) is 10.2. The van der Waals surface area contributed by atoms with Crippen molar-refractivity contribution in [3.63, 3.8) is 0 Å². The maximum absolute atomic E-state index is 9.03. The van der Waals surface area contributed by atoms with Crippen molar-refractivity contribution in [1.82, 2.24) is 19.7 Å². The standard InChI is InChI=1S/C13H16N6/c1-4-19-9-11(10(2)17-19)8-18(3)13-12(7-14)15-5-6-16-13/h5-6,9H,4,8H2,1-3H3. The lowest BCUT2D eigenvalue weighted by atomic mass is 10.2. The number of hydrogen-bond donors (Lipinski definition) is 0. The Balaban J connectivity index is 2.23. The molecule has 0 radical (unpaired) electrons. The third-order valence-corrected chi connectivity index (χ3v) is 2.93. The molecule has 0 saturated carbocycles. The molecule has 6 nitrogen and oxygen atoms in total. The number of rotatable bonds is 4. The van der Waals surface area contributed by atoms with E-state index in [1.807, 2.05) is 29.7 Å². The van der Waals surface area contributed by atoms with Crippen molar-refractivity contribution in [2.75, 3.05) is 11.9 Å². The Hall–Kier alpha value is -2.42. The van der Waals surface area contributed by atoms with Gasteiger partial charge in [-0.3, -0.25) is 4.68 Å². The van der Waals surface area contributed by atoms with E-state index in [0.717, 1.165) is 17.8 Å². The zero-order valence-electron chi connectivity index (χ0n) is 11.3. The van der Waals surface area contributed by atoms with Gasteiger partial charge in [0.2, 0.25) is 0 Å². The Morgan fingerprint density at radius 1 is 1.37 bits per heavy atom. The summed E-state index contributed by atoms with van der Waals surface area (Å²) >= 11 is 0. The second-order valence-corrected chi connectivity index (χ2v) is 4.29. The highest BCUT2D eigenvalue weighted by molar-refractivity contribution is 5.49. The van der Waals surface area contributed by atoms with E-state index < -0.39 is 0 Å². The molecule has 0 bridgehead atoms. The van der Waals surface area contributed by atoms with Gasteiger partial charge in [-0.25, -0.2) is 9.97 Å². The summed E-state index contributed by atoms with van der Waals surface area (Å²) in [5, 5.41) is 13.4. The van der Waals surface area contributed by atoms with Crippen LogP contribution in [0.5, 0.6) is 0 Å². The molecule has 0 unspecified atom stereocenters. The van der Waals surface area contributed by atoms with Crippen molar-refractivity contribution in [2.24, 2.45) is 0 Å². The van der Waals surface area contributed by atoms with E-state index in [2.05, 4.69) is 28.1 Å². The molecule has 2 aromatic heterocycles. The number of anilines is 1. The summed E-state index contributed by atoms with van der Waals surface area (Å²) in [4.78, 5) is 10.1. The predicted octanol–water partition coefficient (Wildman–Crippen LogP) is 1.51. The molecule has 2 heterocycles. The molecule has 0 amide bonds. The molecular weight excluding hydrogens is 240 g/mol. The molecular formula is C13H16N6. The van der Waals surface area contributed by atoms with Gasteiger partial charge in [0.1, 0.15) is 6.07 Å². The van der Waals surface area contributed by atoms with Crippen LogP contribution in [-0.2, 0) is 13.1 Å². The van der Waals surface area contributed by atoms with Gasteiger partial charge >= 0.3 is 0 Å². The van der Waals surface area contributed by atoms with Gasteiger partial charge in [0.05, 0.1) is 5.69 Å². The lowest BCUT2D eigenvalue weighted by Crippen LogP contribution is -2.19. The van der Waals surface area contributed by atoms with Gasteiger partial charge in [-0.05, 0) is 13.8 Å². The van der Waals surface area contributed by atoms with E-state index in [1.165, 1.54) is 6.20 Å². The fourth-order valence-corrected chi connectivity index (χ4v) is 1.90. The average molecular weight is 256 g/mol. The fourth-order valence-electron chi connectivity index (χ4n) is 1.90. The largest absolute Gasteiger partial charge is 0.353 e. The summed E-state index contributed by atoms with van der Waals surface area (Å²) in [6.45, 7) is 5.53. The molecule has 0 aliphatic carbocycles. The van der Waals surface area contributed by atoms with Crippen LogP contribution in [0.25, 0.3) is 0 Å². The van der Waals surface area contributed by atoms with E-state index >= 15 is 0 Å². The number of nitrogens with zero attached hydrogens (tertiary/aromatic N) is 6. The second-order valence-electron chi connectivity index (χ2n) is 4.29. The third-order valence-electron chi connectivity index (χ3n) is 2.93. The van der Waals surface area contributed by atoms with Gasteiger partial charge in [-0.15, -0.1) is 0 Å². The van der Waals surface area contributed by atoms with Gasteiger partial charge in [-0.2, -0.15) is 10.4 Å². The monoisotopic (exact) mass is 256 g/mol. The van der Waals surface area contributed by atoms with Crippen molar-refractivity contribution in [3.05, 3.63) is 35.5 Å². The van der Waals surface area contributed by atoms with Crippen LogP contribution in [0.15, 0.2) is 18.6 Å². The molecule has 0 spiro atoms. The van der Waals surface area contributed by atoms with Gasteiger partial charge in [0.15, 0.2) is 11.5 Å². The van der Waals surface area contributed by atoms with Gasteiger partial charge in [0.25, 0.3) is 0 Å². The van der Waals surface area contributed by atoms with Gasteiger partial charge in [0, 0.05) is 44.3 Å². The Labute approximate surface area is 112 Å². The lowest BCUT2D eigenvalue weighted by molar-refractivity contribution is 0.653. The lowest BCUT2D eigenvalue weighted by Gasteiger charge is -2.17. The topological polar surface area (TPSA) is 70.6 Å². The van der Waals surface area contributed by atoms with E-state index in [-0.39, 0.29) is 0 Å². The maximum Gasteiger partial charge on any atom is 0.183 e. The van der Waals surface area contributed by atoms with Crippen LogP contribution < -0.4 is 4.90 Å². The number of hydrogen-bond acceptors (Lipinski definition) is 5. The maximum atomic E-state index is 9.03. The first-order valence-corrected chi connectivity index (χ1v) is 6.10. The summed E-state index contributed by atoms with van der Waals surface area (Å²) in [5.74, 6) is 0.591. The number of aromatic nitrogens is 4. The Morgan fingerprint density at radius 2 is 2.11 bits per heavy atom. The highest BCUT2D eigenvalue weighted by Gasteiger charge is 2.12. The molecule has 0 aromatic carbocycles. The third kappa shape index (κ3) is 2.71. The Morgan fingerprint density at radius 3 is 2.74 bits per heavy atom. The molecule has 19 heavy (non-hydrogen) atoms. The molecule has 2 aromatic rings. The highest BCUT2D eigenvalue weighted by atomic mass is 15.3. The van der Waals surface area contributed by atoms with E-state index in [4.69, 9.17) is 5.26 Å². The minimum absolute atomic E-state index is 0.338. The summed E-state index contributed by atoms with van der Waals surface area (Å²) in [5.41, 5.74) is 2.46. The molecule has 0 saturated heterocycles. The first-order valence-electron chi connectivity index (χ1n) is 6.10. The van der Waals surface area contributed by atoms with E-state index in [0.29, 0.717) is 18.1 Å². The summed E-state index contributed by atoms with van der Waals surface area (Å²) in [7, 11) is 1.90. The van der Waals surface area contributed by atoms with Crippen molar-refractivity contribution in [2.45, 2.75) is 26.9 Å². The Kier molecular flexibility index (Phi) is 3.76. The van der Waals surface area contributed by atoms with Crippen LogP contribution in [0, 0.1) is 18.3 Å². The van der Waals surface area contributed by atoms with Crippen molar-refractivity contribution < 1.29 is 0 Å². The van der Waals surface area contributed by atoms with Gasteiger partial charge < -0.3 is 4.90 Å². The van der Waals surface area contributed by atoms with E-state index in [9.17, 15) is 0 Å². The van der Waals surface area contributed by atoms with Crippen LogP contribution in [0.3, 0.4) is 0 Å². The summed E-state index contributed by atoms with van der Waals surface area (Å²) < 4.78 is 1.90. The smallest absolute Gasteiger partial charge is 0.183 e. The molecule has 6 heteroatoms. The van der Waals surface area contributed by atoms with Crippen LogP contribution in [-0.4, -0.2) is 26.8 Å². The summed E-state index contributed by atoms with van der Waals surface area (Å²) in [6, 6.07) is 2.06. The quantitative estimate of drug-likeness (QED) is 0.829. The zero-order chi connectivity index (χ0) is 13.8. The fraction of sp³-hybridized carbons (Fsp3) is 0.385. The highest BCUT2D eigenvalue weighted by Crippen LogP contribution is 2.16. The Bertz CT molecular complexity index is 610. The van der Waals surface area contributed by atoms with Crippen LogP contribution >= 0.6 is 0 Å². The number of nitriles is 1. The van der Waals surface area contributed by atoms with Crippen molar-refractivity contribution >= 4 is 5.82 Å². The van der Waals surface area contributed by atoms with Crippen LogP contribution in [0.4, 0.5) is 5.82 Å². The predicted molar refractivity (Wildman–Crippen MR) is 71.5 cm³/mol. The molecule has 2 rings (SSSR count). The van der Waals surface area contributed by atoms with Crippen molar-refractivity contribution in [3.8, 4) is 6.07 Å². The molecule has 0 atom stereocenters. The molecule has 98 valence electrons. The first-order chi connectivity index (χ1) is 9.15. The zero-order valence-corrected chi connectivity index (χ0v) is 11.3. The first kappa shape index (κ1) is 13.0. The number of aryl methyl sites for hydroxylation is 2. The minimum atomic E-state index is 0.338. The minimum Gasteiger partial charge on any atom is -0.353 e. The van der Waals surface area contributed by atoms with Crippen molar-refractivity contribution in [1.29, 1.82) is 5.26 Å². The molecule has 0 fully saturated rings. The van der Waals surface area contributed by atoms with Gasteiger partial charge in [-0.1, -0.05) is 0 Å². The van der Waals surface area contributed by atoms with Crippen LogP contribution in [0.2, 0.25) is 0 Å². The summed E-state index contributed by atoms with van der Waals surface area (Å²) in [6.07, 6.45) is 5.14. The van der Waals surface area contributed by atoms with E-state index in [1.54, 1.807) is 6.20 Å². The average Bonchev–Trinajstić information content (AvgIpc) is 2.79. The molecule has 0 aliphatic rings. The second kappa shape index (κ2) is 5.48. The molecule has 0 aliphatic heterocycles.